The Bertz CT molecular complexity index is 603. The van der Waals surface area contributed by atoms with Gasteiger partial charge in [0.05, 0.1) is 10.6 Å². The van der Waals surface area contributed by atoms with Crippen LogP contribution in [0.4, 0.5) is 5.13 Å². The van der Waals surface area contributed by atoms with Crippen molar-refractivity contribution in [3.63, 3.8) is 0 Å². The maximum Gasteiger partial charge on any atom is 0.186 e. The van der Waals surface area contributed by atoms with Crippen LogP contribution in [-0.4, -0.2) is 24.9 Å². The van der Waals surface area contributed by atoms with Crippen molar-refractivity contribution in [2.45, 2.75) is 25.7 Å². The van der Waals surface area contributed by atoms with Gasteiger partial charge in [0.25, 0.3) is 0 Å². The van der Waals surface area contributed by atoms with Crippen LogP contribution in [0.3, 0.4) is 0 Å². The number of rotatable bonds is 5. The van der Waals surface area contributed by atoms with E-state index in [0.29, 0.717) is 0 Å². The van der Waals surface area contributed by atoms with E-state index in [4.69, 9.17) is 4.98 Å². The number of nitrogens with zero attached hydrogens (tertiary/aromatic N) is 2. The van der Waals surface area contributed by atoms with Crippen LogP contribution in [0.25, 0.3) is 11.3 Å². The first-order chi connectivity index (χ1) is 10.3. The third kappa shape index (κ3) is 3.16. The predicted molar refractivity (Wildman–Crippen MR) is 88.2 cm³/mol. The van der Waals surface area contributed by atoms with Gasteiger partial charge in [-0.2, -0.15) is 0 Å². The number of benzene rings is 1. The average molecular weight is 300 g/mol. The van der Waals surface area contributed by atoms with Gasteiger partial charge >= 0.3 is 0 Å². The Kier molecular flexibility index (Phi) is 4.34. The van der Waals surface area contributed by atoms with Crippen LogP contribution in [0.15, 0.2) is 30.3 Å². The lowest BCUT2D eigenvalue weighted by Gasteiger charge is -2.19. The monoisotopic (exact) mass is 300 g/mol. The Hall–Kier alpha value is -1.68. The molecule has 0 unspecified atom stereocenters. The van der Waals surface area contributed by atoms with E-state index in [2.05, 4.69) is 11.9 Å². The van der Waals surface area contributed by atoms with E-state index in [0.717, 1.165) is 40.0 Å². The third-order valence-corrected chi connectivity index (χ3v) is 5.22. The zero-order valence-electron chi connectivity index (χ0n) is 12.3. The van der Waals surface area contributed by atoms with Crippen molar-refractivity contribution < 1.29 is 4.79 Å². The molecular weight excluding hydrogens is 280 g/mol. The van der Waals surface area contributed by atoms with Gasteiger partial charge in [-0.25, -0.2) is 4.98 Å². The molecule has 2 aromatic rings. The Morgan fingerprint density at radius 2 is 2.00 bits per heavy atom. The minimum absolute atomic E-state index is 0.717. The lowest BCUT2D eigenvalue weighted by atomic mass is 10.1. The quantitative estimate of drug-likeness (QED) is 0.774. The van der Waals surface area contributed by atoms with Gasteiger partial charge < -0.3 is 4.90 Å². The zero-order chi connectivity index (χ0) is 14.7. The maximum atomic E-state index is 11.3. The van der Waals surface area contributed by atoms with Crippen LogP contribution in [0, 0.1) is 5.92 Å². The van der Waals surface area contributed by atoms with Crippen molar-refractivity contribution >= 4 is 22.8 Å². The molecule has 1 aliphatic carbocycles. The summed E-state index contributed by atoms with van der Waals surface area (Å²) < 4.78 is 0. The molecule has 1 saturated carbocycles. The first-order valence-electron chi connectivity index (χ1n) is 7.50. The maximum absolute atomic E-state index is 11.3. The molecule has 0 aliphatic heterocycles. The highest BCUT2D eigenvalue weighted by atomic mass is 32.1. The van der Waals surface area contributed by atoms with E-state index < -0.39 is 0 Å². The van der Waals surface area contributed by atoms with Gasteiger partial charge in [0.2, 0.25) is 0 Å². The number of carbonyl (C=O) groups excluding carboxylic acids is 1. The van der Waals surface area contributed by atoms with Crippen LogP contribution < -0.4 is 4.90 Å². The number of thiazole rings is 1. The Morgan fingerprint density at radius 3 is 2.67 bits per heavy atom. The van der Waals surface area contributed by atoms with Gasteiger partial charge in [0, 0.05) is 19.2 Å². The highest BCUT2D eigenvalue weighted by Gasteiger charge is 2.20. The van der Waals surface area contributed by atoms with Crippen LogP contribution in [0.2, 0.25) is 0 Å². The number of hydrogen-bond donors (Lipinski definition) is 0. The van der Waals surface area contributed by atoms with E-state index in [9.17, 15) is 4.79 Å². The Labute approximate surface area is 129 Å². The fourth-order valence-corrected chi connectivity index (χ4v) is 3.90. The smallest absolute Gasteiger partial charge is 0.186 e. The molecule has 0 bridgehead atoms. The molecule has 0 radical (unpaired) electrons. The van der Waals surface area contributed by atoms with Gasteiger partial charge in [0.1, 0.15) is 0 Å². The molecule has 0 spiro atoms. The molecule has 0 saturated heterocycles. The fraction of sp³-hybridized carbons (Fsp3) is 0.412. The topological polar surface area (TPSA) is 33.2 Å². The predicted octanol–water partition coefficient (Wildman–Crippen LogP) is 4.25. The summed E-state index contributed by atoms with van der Waals surface area (Å²) >= 11 is 1.49. The van der Waals surface area contributed by atoms with Crippen molar-refractivity contribution in [2.75, 3.05) is 18.5 Å². The summed E-state index contributed by atoms with van der Waals surface area (Å²) in [5.41, 5.74) is 1.82. The minimum atomic E-state index is 0.717. The number of anilines is 1. The fourth-order valence-electron chi connectivity index (χ4n) is 3.02. The highest BCUT2D eigenvalue weighted by Crippen LogP contribution is 2.33. The largest absolute Gasteiger partial charge is 0.351 e. The number of carbonyl (C=O) groups is 1. The molecule has 3 rings (SSSR count). The summed E-state index contributed by atoms with van der Waals surface area (Å²) in [7, 11) is 2.08. The van der Waals surface area contributed by atoms with Gasteiger partial charge in [-0.15, -0.1) is 0 Å². The van der Waals surface area contributed by atoms with Crippen LogP contribution in [0.5, 0.6) is 0 Å². The molecule has 21 heavy (non-hydrogen) atoms. The third-order valence-electron chi connectivity index (χ3n) is 4.13. The number of aldehydes is 1. The van der Waals surface area contributed by atoms with E-state index in [1.165, 1.54) is 37.0 Å². The summed E-state index contributed by atoms with van der Waals surface area (Å²) in [6.07, 6.45) is 6.27. The number of hydrogen-bond acceptors (Lipinski definition) is 4. The van der Waals surface area contributed by atoms with Crippen molar-refractivity contribution in [2.24, 2.45) is 5.92 Å². The van der Waals surface area contributed by atoms with Crippen molar-refractivity contribution in [1.29, 1.82) is 0 Å². The summed E-state index contributed by atoms with van der Waals surface area (Å²) in [6, 6.07) is 9.94. The highest BCUT2D eigenvalue weighted by molar-refractivity contribution is 7.17. The van der Waals surface area contributed by atoms with E-state index in [1.54, 1.807) is 0 Å². The minimum Gasteiger partial charge on any atom is -0.351 e. The first kappa shape index (κ1) is 14.3. The lowest BCUT2D eigenvalue weighted by molar-refractivity contribution is 0.112. The van der Waals surface area contributed by atoms with Crippen molar-refractivity contribution in [1.82, 2.24) is 4.98 Å². The zero-order valence-corrected chi connectivity index (χ0v) is 13.1. The van der Waals surface area contributed by atoms with Crippen LogP contribution >= 0.6 is 11.3 Å². The van der Waals surface area contributed by atoms with Crippen LogP contribution in [0.1, 0.15) is 35.4 Å². The normalized spacial score (nSPS) is 15.3. The molecule has 3 nitrogen and oxygen atoms in total. The SMILES string of the molecule is CN(CC1CCCC1)c1nc(-c2ccccc2)c(C=O)s1. The average Bonchev–Trinajstić information content (AvgIpc) is 3.17. The van der Waals surface area contributed by atoms with E-state index in [1.807, 2.05) is 30.3 Å². The molecule has 1 fully saturated rings. The number of aromatic nitrogens is 1. The van der Waals surface area contributed by atoms with Gasteiger partial charge in [0.15, 0.2) is 11.4 Å². The summed E-state index contributed by atoms with van der Waals surface area (Å²) in [6.45, 7) is 1.04. The van der Waals surface area contributed by atoms with Gasteiger partial charge in [-0.3, -0.25) is 4.79 Å². The molecule has 110 valence electrons. The molecule has 0 atom stereocenters. The van der Waals surface area contributed by atoms with E-state index in [-0.39, 0.29) is 0 Å². The molecule has 1 aliphatic rings. The Balaban J connectivity index is 1.83. The summed E-state index contributed by atoms with van der Waals surface area (Å²) in [5, 5.41) is 0.947. The van der Waals surface area contributed by atoms with E-state index >= 15 is 0 Å². The van der Waals surface area contributed by atoms with Gasteiger partial charge in [-0.1, -0.05) is 54.5 Å². The van der Waals surface area contributed by atoms with Crippen LogP contribution in [-0.2, 0) is 0 Å². The molecule has 0 N–H and O–H groups in total. The molecule has 1 aromatic carbocycles. The molecule has 0 amide bonds. The molecule has 1 aromatic heterocycles. The molecule has 1 heterocycles. The second-order valence-corrected chi connectivity index (χ2v) is 6.73. The summed E-state index contributed by atoms with van der Waals surface area (Å²) in [4.78, 5) is 19.0. The first-order valence-corrected chi connectivity index (χ1v) is 8.32. The van der Waals surface area contributed by atoms with Gasteiger partial charge in [-0.05, 0) is 18.8 Å². The Morgan fingerprint density at radius 1 is 1.29 bits per heavy atom. The molecular formula is C17H20N2OS. The summed E-state index contributed by atoms with van der Waals surface area (Å²) in [5.74, 6) is 0.777. The van der Waals surface area contributed by atoms with Crippen molar-refractivity contribution in [3.8, 4) is 11.3 Å². The van der Waals surface area contributed by atoms with Crippen molar-refractivity contribution in [3.05, 3.63) is 35.2 Å². The standard InChI is InChI=1S/C17H20N2OS/c1-19(11-13-7-5-6-8-13)17-18-16(15(12-20)21-17)14-9-3-2-4-10-14/h2-4,9-10,12-13H,5-8,11H2,1H3. The molecule has 4 heteroatoms. The second-order valence-electron chi connectivity index (χ2n) is 5.72. The second kappa shape index (κ2) is 6.39. The lowest BCUT2D eigenvalue weighted by Crippen LogP contribution is -2.23.